The van der Waals surface area contributed by atoms with Crippen molar-refractivity contribution in [2.45, 2.75) is 31.7 Å². The van der Waals surface area contributed by atoms with E-state index in [9.17, 15) is 4.79 Å². The van der Waals surface area contributed by atoms with Gasteiger partial charge in [-0.2, -0.15) is 0 Å². The predicted molar refractivity (Wildman–Crippen MR) is 66.3 cm³/mol. The highest BCUT2D eigenvalue weighted by atomic mass is 16.4. The molecule has 0 bridgehead atoms. The fourth-order valence-electron chi connectivity index (χ4n) is 2.43. The monoisotopic (exact) mass is 231 g/mol. The molecule has 1 aromatic carbocycles. The molecule has 0 saturated heterocycles. The topological polar surface area (TPSA) is 49.3 Å². The summed E-state index contributed by atoms with van der Waals surface area (Å²) in [7, 11) is 0. The molecular weight excluding hydrogens is 214 g/mol. The Morgan fingerprint density at radius 1 is 1.12 bits per heavy atom. The second-order valence-corrected chi connectivity index (χ2v) is 5.23. The van der Waals surface area contributed by atoms with E-state index >= 15 is 0 Å². The number of aromatic carboxylic acids is 1. The van der Waals surface area contributed by atoms with E-state index in [4.69, 9.17) is 5.11 Å². The molecule has 17 heavy (non-hydrogen) atoms. The molecule has 2 fully saturated rings. The van der Waals surface area contributed by atoms with Crippen molar-refractivity contribution in [1.29, 1.82) is 0 Å². The molecule has 0 amide bonds. The maximum Gasteiger partial charge on any atom is 0.335 e. The van der Waals surface area contributed by atoms with Gasteiger partial charge in [0.05, 0.1) is 5.56 Å². The van der Waals surface area contributed by atoms with Crippen LogP contribution in [-0.2, 0) is 0 Å². The van der Waals surface area contributed by atoms with Crippen LogP contribution in [0.2, 0.25) is 0 Å². The third-order valence-corrected chi connectivity index (χ3v) is 3.72. The summed E-state index contributed by atoms with van der Waals surface area (Å²) in [5, 5.41) is 12.4. The van der Waals surface area contributed by atoms with E-state index in [2.05, 4.69) is 5.32 Å². The Balaban J connectivity index is 1.68. The quantitative estimate of drug-likeness (QED) is 0.819. The van der Waals surface area contributed by atoms with Gasteiger partial charge >= 0.3 is 5.97 Å². The van der Waals surface area contributed by atoms with E-state index in [0.717, 1.165) is 17.5 Å². The first kappa shape index (κ1) is 10.6. The maximum absolute atomic E-state index is 10.8. The van der Waals surface area contributed by atoms with Crippen molar-refractivity contribution in [2.75, 3.05) is 5.32 Å². The second-order valence-electron chi connectivity index (χ2n) is 5.23. The summed E-state index contributed by atoms with van der Waals surface area (Å²) in [6.07, 6.45) is 5.39. The Morgan fingerprint density at radius 3 is 2.06 bits per heavy atom. The van der Waals surface area contributed by atoms with Crippen LogP contribution in [0.15, 0.2) is 24.3 Å². The Morgan fingerprint density at radius 2 is 1.65 bits per heavy atom. The highest BCUT2D eigenvalue weighted by Crippen LogP contribution is 2.45. The number of carboxylic acid groups (broad SMARTS) is 1. The van der Waals surface area contributed by atoms with Crippen molar-refractivity contribution < 1.29 is 9.90 Å². The zero-order valence-electron chi connectivity index (χ0n) is 9.73. The second kappa shape index (κ2) is 4.06. The van der Waals surface area contributed by atoms with Gasteiger partial charge in [0, 0.05) is 11.7 Å². The van der Waals surface area contributed by atoms with Gasteiger partial charge in [-0.1, -0.05) is 0 Å². The molecule has 2 aliphatic carbocycles. The highest BCUT2D eigenvalue weighted by molar-refractivity contribution is 5.88. The number of hydrogen-bond acceptors (Lipinski definition) is 2. The number of hydrogen-bond donors (Lipinski definition) is 2. The lowest BCUT2D eigenvalue weighted by atomic mass is 10.1. The molecule has 0 atom stereocenters. The first-order valence-corrected chi connectivity index (χ1v) is 6.34. The van der Waals surface area contributed by atoms with Crippen molar-refractivity contribution in [2.24, 2.45) is 11.8 Å². The molecule has 3 nitrogen and oxygen atoms in total. The predicted octanol–water partition coefficient (Wildman–Crippen LogP) is 2.99. The van der Waals surface area contributed by atoms with Crippen LogP contribution in [0.4, 0.5) is 5.69 Å². The minimum absolute atomic E-state index is 0.352. The van der Waals surface area contributed by atoms with Gasteiger partial charge in [0.15, 0.2) is 0 Å². The smallest absolute Gasteiger partial charge is 0.335 e. The van der Waals surface area contributed by atoms with Crippen LogP contribution in [-0.4, -0.2) is 17.1 Å². The van der Waals surface area contributed by atoms with Gasteiger partial charge in [0.25, 0.3) is 0 Å². The van der Waals surface area contributed by atoms with Crippen LogP contribution in [0.5, 0.6) is 0 Å². The normalized spacial score (nSPS) is 19.4. The van der Waals surface area contributed by atoms with Gasteiger partial charge < -0.3 is 10.4 Å². The first-order chi connectivity index (χ1) is 8.24. The molecule has 0 aromatic heterocycles. The van der Waals surface area contributed by atoms with E-state index in [1.165, 1.54) is 25.7 Å². The van der Waals surface area contributed by atoms with Crippen molar-refractivity contribution in [3.05, 3.63) is 29.8 Å². The molecule has 0 aliphatic heterocycles. The van der Waals surface area contributed by atoms with Crippen LogP contribution >= 0.6 is 0 Å². The third-order valence-electron chi connectivity index (χ3n) is 3.72. The molecule has 2 N–H and O–H groups in total. The Kier molecular flexibility index (Phi) is 2.54. The largest absolute Gasteiger partial charge is 0.478 e. The standard InChI is InChI=1S/C14H17NO2/c16-14(17)11-5-7-12(8-6-11)15-13(9-1-2-9)10-3-4-10/h5-10,13,15H,1-4H2,(H,16,17). The van der Waals surface area contributed by atoms with Crippen LogP contribution in [0, 0.1) is 11.8 Å². The molecular formula is C14H17NO2. The minimum Gasteiger partial charge on any atom is -0.478 e. The lowest BCUT2D eigenvalue weighted by Crippen LogP contribution is -2.24. The Labute approximate surface area is 101 Å². The molecule has 0 radical (unpaired) electrons. The average molecular weight is 231 g/mol. The molecule has 0 unspecified atom stereocenters. The summed E-state index contributed by atoms with van der Waals surface area (Å²) < 4.78 is 0. The van der Waals surface area contributed by atoms with Crippen LogP contribution in [0.25, 0.3) is 0 Å². The first-order valence-electron chi connectivity index (χ1n) is 6.34. The van der Waals surface area contributed by atoms with Crippen LogP contribution in [0.1, 0.15) is 36.0 Å². The molecule has 90 valence electrons. The Bertz CT molecular complexity index is 406. The number of anilines is 1. The number of nitrogens with one attached hydrogen (secondary N) is 1. The average Bonchev–Trinajstić information content (AvgIpc) is 3.17. The van der Waals surface area contributed by atoms with E-state index in [1.54, 1.807) is 12.1 Å². The summed E-state index contributed by atoms with van der Waals surface area (Å²) in [6, 6.07) is 7.71. The number of carbonyl (C=O) groups is 1. The Hall–Kier alpha value is -1.51. The fourth-order valence-corrected chi connectivity index (χ4v) is 2.43. The maximum atomic E-state index is 10.8. The zero-order valence-corrected chi connectivity index (χ0v) is 9.73. The summed E-state index contributed by atoms with van der Waals surface area (Å²) in [5.41, 5.74) is 1.41. The molecule has 0 spiro atoms. The number of benzene rings is 1. The van der Waals surface area contributed by atoms with E-state index in [0.29, 0.717) is 11.6 Å². The summed E-state index contributed by atoms with van der Waals surface area (Å²) in [4.78, 5) is 10.8. The van der Waals surface area contributed by atoms with Gasteiger partial charge in [0.2, 0.25) is 0 Å². The SMILES string of the molecule is O=C(O)c1ccc(NC(C2CC2)C2CC2)cc1. The fraction of sp³-hybridized carbons (Fsp3) is 0.500. The highest BCUT2D eigenvalue weighted by Gasteiger charge is 2.41. The zero-order chi connectivity index (χ0) is 11.8. The lowest BCUT2D eigenvalue weighted by molar-refractivity contribution is 0.0697. The van der Waals surface area contributed by atoms with Gasteiger partial charge in [-0.15, -0.1) is 0 Å². The molecule has 2 aliphatic rings. The number of rotatable bonds is 5. The van der Waals surface area contributed by atoms with Crippen molar-refractivity contribution >= 4 is 11.7 Å². The molecule has 1 aromatic rings. The van der Waals surface area contributed by atoms with E-state index in [-0.39, 0.29) is 0 Å². The third kappa shape index (κ3) is 2.43. The van der Waals surface area contributed by atoms with E-state index < -0.39 is 5.97 Å². The summed E-state index contributed by atoms with van der Waals surface area (Å²) in [5.74, 6) is 0.834. The molecule has 3 rings (SSSR count). The molecule has 3 heteroatoms. The van der Waals surface area contributed by atoms with Gasteiger partial charge in [0.1, 0.15) is 0 Å². The molecule has 0 heterocycles. The van der Waals surface area contributed by atoms with Crippen LogP contribution in [0.3, 0.4) is 0 Å². The van der Waals surface area contributed by atoms with Gasteiger partial charge in [-0.05, 0) is 61.8 Å². The van der Waals surface area contributed by atoms with Crippen LogP contribution < -0.4 is 5.32 Å². The van der Waals surface area contributed by atoms with E-state index in [1.807, 2.05) is 12.1 Å². The number of carboxylic acids is 1. The molecule has 2 saturated carbocycles. The minimum atomic E-state index is -0.863. The summed E-state index contributed by atoms with van der Waals surface area (Å²) >= 11 is 0. The van der Waals surface area contributed by atoms with Crippen molar-refractivity contribution in [3.63, 3.8) is 0 Å². The summed E-state index contributed by atoms with van der Waals surface area (Å²) in [6.45, 7) is 0. The van der Waals surface area contributed by atoms with Crippen molar-refractivity contribution in [3.8, 4) is 0 Å². The van der Waals surface area contributed by atoms with Crippen molar-refractivity contribution in [1.82, 2.24) is 0 Å². The van der Waals surface area contributed by atoms with Gasteiger partial charge in [-0.3, -0.25) is 0 Å². The lowest BCUT2D eigenvalue weighted by Gasteiger charge is -2.19. The van der Waals surface area contributed by atoms with Gasteiger partial charge in [-0.25, -0.2) is 4.79 Å².